The molecule has 0 radical (unpaired) electrons. The van der Waals surface area contributed by atoms with Gasteiger partial charge in [0.25, 0.3) is 0 Å². The van der Waals surface area contributed by atoms with Crippen LogP contribution in [0, 0.1) is 11.8 Å². The molecule has 0 bridgehead atoms. The quantitative estimate of drug-likeness (QED) is 0.805. The van der Waals surface area contributed by atoms with Crippen molar-refractivity contribution >= 4 is 11.6 Å². The molecule has 1 aromatic heterocycles. The van der Waals surface area contributed by atoms with E-state index in [9.17, 15) is 0 Å². The van der Waals surface area contributed by atoms with Crippen LogP contribution in [-0.2, 0) is 6.54 Å². The first-order valence-corrected chi connectivity index (χ1v) is 9.00. The molecule has 0 aliphatic heterocycles. The fraction of sp³-hybridized carbons (Fsp3) is 0.824. The van der Waals surface area contributed by atoms with E-state index in [0.29, 0.717) is 11.8 Å². The van der Waals surface area contributed by atoms with Crippen LogP contribution >= 0.6 is 11.6 Å². The third-order valence-electron chi connectivity index (χ3n) is 4.96. The Hall–Kier alpha value is -0.540. The Labute approximate surface area is 134 Å². The third kappa shape index (κ3) is 4.01. The van der Waals surface area contributed by atoms with Crippen LogP contribution in [0.1, 0.15) is 64.5 Å². The molecule has 3 nitrogen and oxygen atoms in total. The molecule has 3 unspecified atom stereocenters. The number of halogens is 1. The van der Waals surface area contributed by atoms with Crippen LogP contribution in [0.15, 0.2) is 6.20 Å². The molecule has 1 N–H and O–H groups in total. The molecule has 2 rings (SSSR count). The molecule has 1 aromatic rings. The average Bonchev–Trinajstić information content (AvgIpc) is 2.86. The van der Waals surface area contributed by atoms with E-state index in [0.717, 1.165) is 37.0 Å². The first kappa shape index (κ1) is 16.8. The minimum Gasteiger partial charge on any atom is -0.317 e. The minimum absolute atomic E-state index is 0.560. The van der Waals surface area contributed by atoms with E-state index in [-0.39, 0.29) is 0 Å². The van der Waals surface area contributed by atoms with Crippen molar-refractivity contribution in [1.82, 2.24) is 15.1 Å². The van der Waals surface area contributed by atoms with Crippen molar-refractivity contribution in [2.24, 2.45) is 11.8 Å². The van der Waals surface area contributed by atoms with Crippen LogP contribution in [0.3, 0.4) is 0 Å². The summed E-state index contributed by atoms with van der Waals surface area (Å²) in [7, 11) is 0. The molecule has 0 spiro atoms. The van der Waals surface area contributed by atoms with Crippen LogP contribution < -0.4 is 5.32 Å². The van der Waals surface area contributed by atoms with Gasteiger partial charge in [0.1, 0.15) is 0 Å². The van der Waals surface area contributed by atoms with Crippen LogP contribution in [0.4, 0.5) is 0 Å². The van der Waals surface area contributed by atoms with Crippen LogP contribution in [-0.4, -0.2) is 22.9 Å². The number of nitrogens with one attached hydrogen (secondary N) is 1. The zero-order chi connectivity index (χ0) is 15.2. The maximum Gasteiger partial charge on any atom is 0.0820 e. The lowest BCUT2D eigenvalue weighted by Gasteiger charge is -2.36. The normalized spacial score (nSPS) is 26.2. The van der Waals surface area contributed by atoms with E-state index >= 15 is 0 Å². The van der Waals surface area contributed by atoms with Gasteiger partial charge in [0.15, 0.2) is 0 Å². The van der Waals surface area contributed by atoms with E-state index < -0.39 is 0 Å². The monoisotopic (exact) mass is 311 g/mol. The summed E-state index contributed by atoms with van der Waals surface area (Å²) in [6.07, 6.45) is 8.16. The number of rotatable bonds is 7. The highest BCUT2D eigenvalue weighted by atomic mass is 35.5. The Kier molecular flexibility index (Phi) is 6.56. The first-order valence-electron chi connectivity index (χ1n) is 8.63. The van der Waals surface area contributed by atoms with Gasteiger partial charge < -0.3 is 5.32 Å². The highest BCUT2D eigenvalue weighted by Gasteiger charge is 2.34. The average molecular weight is 312 g/mol. The van der Waals surface area contributed by atoms with Gasteiger partial charge in [-0.3, -0.25) is 4.68 Å². The summed E-state index contributed by atoms with van der Waals surface area (Å²) in [4.78, 5) is 0. The standard InChI is InChI=1S/C17H30ClN3/c1-4-9-21-17(16(18)12-20-21)15-10-13(5-2)7-8-14(15)11-19-6-3/h12-15,19H,4-11H2,1-3H3. The molecule has 1 fully saturated rings. The molecule has 0 amide bonds. The van der Waals surface area contributed by atoms with Crippen LogP contribution in [0.25, 0.3) is 0 Å². The first-order chi connectivity index (χ1) is 10.2. The van der Waals surface area contributed by atoms with Crippen molar-refractivity contribution in [3.05, 3.63) is 16.9 Å². The second-order valence-corrected chi connectivity index (χ2v) is 6.77. The highest BCUT2D eigenvalue weighted by molar-refractivity contribution is 6.31. The Bertz CT molecular complexity index is 430. The van der Waals surface area contributed by atoms with Crippen molar-refractivity contribution in [1.29, 1.82) is 0 Å². The Balaban J connectivity index is 2.23. The number of aryl methyl sites for hydroxylation is 1. The van der Waals surface area contributed by atoms with E-state index in [2.05, 4.69) is 35.9 Å². The smallest absolute Gasteiger partial charge is 0.0820 e. The van der Waals surface area contributed by atoms with Crippen molar-refractivity contribution in [2.75, 3.05) is 13.1 Å². The van der Waals surface area contributed by atoms with Crippen molar-refractivity contribution in [2.45, 2.75) is 65.3 Å². The Morgan fingerprint density at radius 1 is 1.33 bits per heavy atom. The SMILES string of the molecule is CCCn1ncc(Cl)c1C1CC(CC)CCC1CNCC. The molecule has 120 valence electrons. The molecule has 1 aliphatic rings. The minimum atomic E-state index is 0.560. The zero-order valence-corrected chi connectivity index (χ0v) is 14.5. The lowest BCUT2D eigenvalue weighted by Crippen LogP contribution is -2.33. The summed E-state index contributed by atoms with van der Waals surface area (Å²) in [5.74, 6) is 2.09. The summed E-state index contributed by atoms with van der Waals surface area (Å²) >= 11 is 6.50. The molecule has 1 aliphatic carbocycles. The van der Waals surface area contributed by atoms with Gasteiger partial charge in [-0.05, 0) is 44.2 Å². The molecular weight excluding hydrogens is 282 g/mol. The molecule has 0 aromatic carbocycles. The van der Waals surface area contributed by atoms with Gasteiger partial charge in [0, 0.05) is 12.5 Å². The number of hydrogen-bond donors (Lipinski definition) is 1. The predicted octanol–water partition coefficient (Wildman–Crippen LogP) is 4.47. The van der Waals surface area contributed by atoms with Crippen molar-refractivity contribution in [3.8, 4) is 0 Å². The summed E-state index contributed by atoms with van der Waals surface area (Å²) in [5.41, 5.74) is 1.29. The molecule has 1 saturated carbocycles. The zero-order valence-electron chi connectivity index (χ0n) is 13.7. The largest absolute Gasteiger partial charge is 0.317 e. The highest BCUT2D eigenvalue weighted by Crippen LogP contribution is 2.43. The van der Waals surface area contributed by atoms with Gasteiger partial charge >= 0.3 is 0 Å². The number of nitrogens with zero attached hydrogens (tertiary/aromatic N) is 2. The summed E-state index contributed by atoms with van der Waals surface area (Å²) < 4.78 is 2.16. The lowest BCUT2D eigenvalue weighted by molar-refractivity contribution is 0.218. The van der Waals surface area contributed by atoms with Gasteiger partial charge in [-0.25, -0.2) is 0 Å². The lowest BCUT2D eigenvalue weighted by atomic mass is 9.71. The molecule has 0 saturated heterocycles. The second-order valence-electron chi connectivity index (χ2n) is 6.36. The van der Waals surface area contributed by atoms with Gasteiger partial charge in [0.2, 0.25) is 0 Å². The second kappa shape index (κ2) is 8.19. The number of hydrogen-bond acceptors (Lipinski definition) is 2. The molecule has 1 heterocycles. The molecule has 3 atom stereocenters. The summed E-state index contributed by atoms with van der Waals surface area (Å²) in [6, 6.07) is 0. The van der Waals surface area contributed by atoms with E-state index in [1.165, 1.54) is 31.4 Å². The maximum atomic E-state index is 6.50. The van der Waals surface area contributed by atoms with Gasteiger partial charge in [-0.15, -0.1) is 0 Å². The molecule has 21 heavy (non-hydrogen) atoms. The van der Waals surface area contributed by atoms with Gasteiger partial charge in [-0.2, -0.15) is 5.10 Å². The van der Waals surface area contributed by atoms with Crippen molar-refractivity contribution < 1.29 is 0 Å². The fourth-order valence-corrected chi connectivity index (χ4v) is 4.01. The van der Waals surface area contributed by atoms with E-state index in [4.69, 9.17) is 11.6 Å². The van der Waals surface area contributed by atoms with Crippen LogP contribution in [0.2, 0.25) is 5.02 Å². The fourth-order valence-electron chi connectivity index (χ4n) is 3.73. The maximum absolute atomic E-state index is 6.50. The van der Waals surface area contributed by atoms with Gasteiger partial charge in [-0.1, -0.05) is 45.2 Å². The molecular formula is C17H30ClN3. The van der Waals surface area contributed by atoms with Gasteiger partial charge in [0.05, 0.1) is 16.9 Å². The Morgan fingerprint density at radius 3 is 2.81 bits per heavy atom. The predicted molar refractivity (Wildman–Crippen MR) is 89.9 cm³/mol. The number of aromatic nitrogens is 2. The topological polar surface area (TPSA) is 29.9 Å². The molecule has 4 heteroatoms. The van der Waals surface area contributed by atoms with Crippen LogP contribution in [0.5, 0.6) is 0 Å². The van der Waals surface area contributed by atoms with Crippen molar-refractivity contribution in [3.63, 3.8) is 0 Å². The summed E-state index contributed by atoms with van der Waals surface area (Å²) in [6.45, 7) is 9.82. The third-order valence-corrected chi connectivity index (χ3v) is 5.25. The Morgan fingerprint density at radius 2 is 2.14 bits per heavy atom. The van der Waals surface area contributed by atoms with E-state index in [1.807, 2.05) is 6.20 Å². The summed E-state index contributed by atoms with van der Waals surface area (Å²) in [5, 5.41) is 8.92. The van der Waals surface area contributed by atoms with E-state index in [1.54, 1.807) is 0 Å².